The minimum atomic E-state index is -0.661. The molecule has 4 rings (SSSR count). The molecule has 1 heterocycles. The highest BCUT2D eigenvalue weighted by Gasteiger charge is 2.43. The van der Waals surface area contributed by atoms with E-state index in [1.807, 2.05) is 18.2 Å². The van der Waals surface area contributed by atoms with Crippen LogP contribution < -0.4 is 4.74 Å². The lowest BCUT2D eigenvalue weighted by Gasteiger charge is -2.43. The number of ether oxygens (including phenoxy) is 3. The van der Waals surface area contributed by atoms with Crippen LogP contribution in [-0.2, 0) is 14.9 Å². The minimum absolute atomic E-state index is 0.0594. The van der Waals surface area contributed by atoms with E-state index in [9.17, 15) is 9.59 Å². The molecule has 3 aromatic rings. The van der Waals surface area contributed by atoms with Crippen LogP contribution in [0.25, 0.3) is 11.0 Å². The van der Waals surface area contributed by atoms with Crippen LogP contribution in [-0.4, -0.2) is 32.3 Å². The van der Waals surface area contributed by atoms with E-state index < -0.39 is 11.9 Å². The first-order valence-corrected chi connectivity index (χ1v) is 11.7. The summed E-state index contributed by atoms with van der Waals surface area (Å²) in [5, 5.41) is 0.455. The second kappa shape index (κ2) is 9.53. The number of methoxy groups -OCH3 is 2. The van der Waals surface area contributed by atoms with Crippen LogP contribution in [0.4, 0.5) is 0 Å². The van der Waals surface area contributed by atoms with Crippen LogP contribution in [0.15, 0.2) is 52.9 Å². The van der Waals surface area contributed by atoms with Crippen molar-refractivity contribution < 1.29 is 28.2 Å². The molecule has 0 aliphatic heterocycles. The van der Waals surface area contributed by atoms with E-state index >= 15 is 0 Å². The first kappa shape index (κ1) is 23.9. The summed E-state index contributed by atoms with van der Waals surface area (Å²) < 4.78 is 22.3. The van der Waals surface area contributed by atoms with Crippen LogP contribution in [0.2, 0.25) is 0 Å². The van der Waals surface area contributed by atoms with Crippen molar-refractivity contribution in [1.82, 2.24) is 0 Å². The van der Waals surface area contributed by atoms with Gasteiger partial charge in [0.05, 0.1) is 14.2 Å². The van der Waals surface area contributed by atoms with Crippen molar-refractivity contribution in [3.8, 4) is 5.75 Å². The maximum atomic E-state index is 13.5. The zero-order valence-corrected chi connectivity index (χ0v) is 20.4. The Kier molecular flexibility index (Phi) is 6.69. The van der Waals surface area contributed by atoms with Gasteiger partial charge in [-0.1, -0.05) is 63.6 Å². The van der Waals surface area contributed by atoms with Crippen LogP contribution in [0.1, 0.15) is 66.5 Å². The maximum Gasteiger partial charge on any atom is 0.375 e. The van der Waals surface area contributed by atoms with Crippen molar-refractivity contribution >= 4 is 22.9 Å². The van der Waals surface area contributed by atoms with E-state index in [1.54, 1.807) is 18.2 Å². The summed E-state index contributed by atoms with van der Waals surface area (Å²) in [7, 11) is 2.78. The van der Waals surface area contributed by atoms with Crippen LogP contribution >= 0.6 is 0 Å². The van der Waals surface area contributed by atoms with E-state index in [-0.39, 0.29) is 28.8 Å². The number of carbonyl (C=O) groups is 2. The van der Waals surface area contributed by atoms with Gasteiger partial charge in [-0.2, -0.15) is 0 Å². The van der Waals surface area contributed by atoms with Gasteiger partial charge in [-0.15, -0.1) is 0 Å². The average Bonchev–Trinajstić information content (AvgIpc) is 3.24. The number of hydrogen-bond donors (Lipinski definition) is 0. The number of furan rings is 1. The molecule has 0 N–H and O–H groups in total. The van der Waals surface area contributed by atoms with Gasteiger partial charge in [-0.3, -0.25) is 0 Å². The Labute approximate surface area is 200 Å². The Morgan fingerprint density at radius 1 is 0.971 bits per heavy atom. The van der Waals surface area contributed by atoms with Gasteiger partial charge in [0, 0.05) is 11.3 Å². The smallest absolute Gasteiger partial charge is 0.375 e. The molecule has 1 fully saturated rings. The fourth-order valence-electron chi connectivity index (χ4n) is 5.26. The summed E-state index contributed by atoms with van der Waals surface area (Å²) in [4.78, 5) is 26.1. The molecule has 34 heavy (non-hydrogen) atoms. The number of para-hydroxylation sites is 1. The third-order valence-electron chi connectivity index (χ3n) is 7.23. The fraction of sp³-hybridized carbons (Fsp3) is 0.429. The van der Waals surface area contributed by atoms with E-state index in [2.05, 4.69) is 32.9 Å². The molecule has 180 valence electrons. The number of rotatable bonds is 6. The topological polar surface area (TPSA) is 75.0 Å². The molecule has 6 heteroatoms. The van der Waals surface area contributed by atoms with Crippen molar-refractivity contribution in [2.45, 2.75) is 51.6 Å². The highest BCUT2D eigenvalue weighted by molar-refractivity contribution is 6.12. The highest BCUT2D eigenvalue weighted by Crippen LogP contribution is 2.44. The van der Waals surface area contributed by atoms with Gasteiger partial charge in [-0.05, 0) is 41.9 Å². The molecule has 0 amide bonds. The second-order valence-corrected chi connectivity index (χ2v) is 9.69. The summed E-state index contributed by atoms with van der Waals surface area (Å²) in [6.07, 6.45) is 2.46. The standard InChI is InChI=1S/C28H32O6/c1-17-14-15-20(28(2,3)18-10-7-6-8-11-18)22(16-17)33-27(30)25-23(26(29)32-5)19-12-9-13-21(31-4)24(19)34-25/h6-13,17,20,22H,14-16H2,1-5H3/t17-,20-,22-/m1/s1. The van der Waals surface area contributed by atoms with Crippen molar-refractivity contribution in [2.75, 3.05) is 14.2 Å². The largest absolute Gasteiger partial charge is 0.493 e. The third-order valence-corrected chi connectivity index (χ3v) is 7.23. The summed E-state index contributed by atoms with van der Waals surface area (Å²) >= 11 is 0. The molecule has 3 atom stereocenters. The fourth-order valence-corrected chi connectivity index (χ4v) is 5.26. The molecular weight excluding hydrogens is 432 g/mol. The number of fused-ring (bicyclic) bond motifs is 1. The van der Waals surface area contributed by atoms with Gasteiger partial charge in [-0.25, -0.2) is 9.59 Å². The SMILES string of the molecule is COC(=O)c1c(C(=O)O[C@@H]2C[C@H](C)CC[C@H]2C(C)(C)c2ccccc2)oc2c(OC)cccc12. The molecule has 2 aromatic carbocycles. The molecular formula is C28H32O6. The average molecular weight is 465 g/mol. The molecule has 1 aliphatic rings. The van der Waals surface area contributed by atoms with Gasteiger partial charge in [0.2, 0.25) is 5.76 Å². The van der Waals surface area contributed by atoms with Crippen molar-refractivity contribution in [2.24, 2.45) is 11.8 Å². The first-order valence-electron chi connectivity index (χ1n) is 11.7. The van der Waals surface area contributed by atoms with Crippen molar-refractivity contribution in [3.05, 3.63) is 65.4 Å². The van der Waals surface area contributed by atoms with Crippen molar-refractivity contribution in [3.63, 3.8) is 0 Å². The van der Waals surface area contributed by atoms with Crippen LogP contribution in [0, 0.1) is 11.8 Å². The predicted octanol–water partition coefficient (Wildman–Crippen LogP) is 6.17. The molecule has 6 nitrogen and oxygen atoms in total. The Hall–Kier alpha value is -3.28. The van der Waals surface area contributed by atoms with Gasteiger partial charge in [0.15, 0.2) is 11.3 Å². The normalized spacial score (nSPS) is 20.7. The van der Waals surface area contributed by atoms with Crippen LogP contribution in [0.3, 0.4) is 0 Å². The third kappa shape index (κ3) is 4.29. The Morgan fingerprint density at radius 3 is 2.38 bits per heavy atom. The Balaban J connectivity index is 1.71. The number of hydrogen-bond acceptors (Lipinski definition) is 6. The lowest BCUT2D eigenvalue weighted by molar-refractivity contribution is -0.0260. The Bertz CT molecular complexity index is 1180. The lowest BCUT2D eigenvalue weighted by Crippen LogP contribution is -2.43. The van der Waals surface area contributed by atoms with E-state index in [4.69, 9.17) is 18.6 Å². The molecule has 1 aromatic heterocycles. The van der Waals surface area contributed by atoms with Crippen molar-refractivity contribution in [1.29, 1.82) is 0 Å². The number of benzene rings is 2. The maximum absolute atomic E-state index is 13.5. The number of carbonyl (C=O) groups excluding carboxylic acids is 2. The zero-order chi connectivity index (χ0) is 24.5. The predicted molar refractivity (Wildman–Crippen MR) is 129 cm³/mol. The number of esters is 2. The minimum Gasteiger partial charge on any atom is -0.493 e. The summed E-state index contributed by atoms with van der Waals surface area (Å²) in [6.45, 7) is 6.59. The van der Waals surface area contributed by atoms with Gasteiger partial charge in [0.1, 0.15) is 11.7 Å². The second-order valence-electron chi connectivity index (χ2n) is 9.69. The molecule has 0 radical (unpaired) electrons. The summed E-state index contributed by atoms with van der Waals surface area (Å²) in [5.74, 6) is -0.493. The molecule has 0 unspecified atom stereocenters. The van der Waals surface area contributed by atoms with Gasteiger partial charge in [0.25, 0.3) is 0 Å². The quantitative estimate of drug-likeness (QED) is 0.406. The van der Waals surface area contributed by atoms with E-state index in [1.165, 1.54) is 19.8 Å². The monoisotopic (exact) mass is 464 g/mol. The lowest BCUT2D eigenvalue weighted by atomic mass is 9.64. The molecule has 0 saturated heterocycles. The molecule has 1 saturated carbocycles. The highest BCUT2D eigenvalue weighted by atomic mass is 16.6. The summed E-state index contributed by atoms with van der Waals surface area (Å²) in [6, 6.07) is 15.5. The molecule has 0 bridgehead atoms. The van der Waals surface area contributed by atoms with E-state index in [0.717, 1.165) is 19.3 Å². The zero-order valence-electron chi connectivity index (χ0n) is 20.4. The Morgan fingerprint density at radius 2 is 1.71 bits per heavy atom. The van der Waals surface area contributed by atoms with Crippen LogP contribution in [0.5, 0.6) is 5.75 Å². The first-order chi connectivity index (χ1) is 16.3. The molecule has 1 aliphatic carbocycles. The van der Waals surface area contributed by atoms with Gasteiger partial charge >= 0.3 is 11.9 Å². The van der Waals surface area contributed by atoms with Gasteiger partial charge < -0.3 is 18.6 Å². The van der Waals surface area contributed by atoms with E-state index in [0.29, 0.717) is 22.6 Å². The summed E-state index contributed by atoms with van der Waals surface area (Å²) in [5.41, 5.74) is 1.38. The molecule has 0 spiro atoms.